The minimum absolute atomic E-state index is 0.0543. The molecule has 1 unspecified atom stereocenters. The Bertz CT molecular complexity index is 176. The summed E-state index contributed by atoms with van der Waals surface area (Å²) in [7, 11) is 1.96. The maximum absolute atomic E-state index is 5.70. The SMILES string of the molecule is C#CCCCC(COC(C)(C)C)NC. The highest BCUT2D eigenvalue weighted by Gasteiger charge is 2.13. The van der Waals surface area contributed by atoms with Crippen LogP contribution in [0.4, 0.5) is 0 Å². The van der Waals surface area contributed by atoms with E-state index in [-0.39, 0.29) is 5.60 Å². The molecule has 0 heterocycles. The quantitative estimate of drug-likeness (QED) is 0.520. The fourth-order valence-corrected chi connectivity index (χ4v) is 1.11. The summed E-state index contributed by atoms with van der Waals surface area (Å²) in [6.07, 6.45) is 8.20. The Kier molecular flexibility index (Phi) is 6.61. The fraction of sp³-hybridized carbons (Fsp3) is 0.833. The first-order valence-corrected chi connectivity index (χ1v) is 5.24. The molecule has 0 aliphatic heterocycles. The van der Waals surface area contributed by atoms with E-state index in [2.05, 4.69) is 32.0 Å². The zero-order valence-electron chi connectivity index (χ0n) is 9.89. The molecule has 1 atom stereocenters. The molecule has 14 heavy (non-hydrogen) atoms. The van der Waals surface area contributed by atoms with Crippen molar-refractivity contribution in [3.05, 3.63) is 0 Å². The van der Waals surface area contributed by atoms with E-state index in [0.717, 1.165) is 25.9 Å². The van der Waals surface area contributed by atoms with Gasteiger partial charge in [-0.2, -0.15) is 0 Å². The van der Waals surface area contributed by atoms with Crippen molar-refractivity contribution in [2.75, 3.05) is 13.7 Å². The van der Waals surface area contributed by atoms with Crippen LogP contribution in [-0.4, -0.2) is 25.3 Å². The first-order chi connectivity index (χ1) is 6.49. The van der Waals surface area contributed by atoms with Gasteiger partial charge in [0.1, 0.15) is 0 Å². The molecule has 0 aliphatic carbocycles. The molecule has 82 valence electrons. The number of hydrogen-bond donors (Lipinski definition) is 1. The number of rotatable bonds is 6. The summed E-state index contributed by atoms with van der Waals surface area (Å²) in [5, 5.41) is 3.24. The van der Waals surface area contributed by atoms with Crippen molar-refractivity contribution in [2.45, 2.75) is 51.7 Å². The number of ether oxygens (including phenoxy) is 1. The molecular weight excluding hydrogens is 174 g/mol. The van der Waals surface area contributed by atoms with Gasteiger partial charge in [0.05, 0.1) is 12.2 Å². The Morgan fingerprint density at radius 2 is 2.07 bits per heavy atom. The van der Waals surface area contributed by atoms with Crippen LogP contribution in [0.3, 0.4) is 0 Å². The Morgan fingerprint density at radius 3 is 2.50 bits per heavy atom. The molecule has 2 nitrogen and oxygen atoms in total. The molecule has 0 aromatic carbocycles. The monoisotopic (exact) mass is 197 g/mol. The first-order valence-electron chi connectivity index (χ1n) is 5.24. The van der Waals surface area contributed by atoms with E-state index < -0.39 is 0 Å². The summed E-state index contributed by atoms with van der Waals surface area (Å²) in [5.41, 5.74) is -0.0543. The van der Waals surface area contributed by atoms with Crippen LogP contribution in [0, 0.1) is 12.3 Å². The third-order valence-electron chi connectivity index (χ3n) is 2.00. The van der Waals surface area contributed by atoms with E-state index in [1.54, 1.807) is 0 Å². The van der Waals surface area contributed by atoms with E-state index >= 15 is 0 Å². The smallest absolute Gasteiger partial charge is 0.0626 e. The van der Waals surface area contributed by atoms with Crippen LogP contribution in [0.15, 0.2) is 0 Å². The Hall–Kier alpha value is -0.520. The van der Waals surface area contributed by atoms with E-state index in [1.165, 1.54) is 0 Å². The van der Waals surface area contributed by atoms with Gasteiger partial charge in [-0.3, -0.25) is 0 Å². The van der Waals surface area contributed by atoms with Crippen molar-refractivity contribution in [3.8, 4) is 12.3 Å². The summed E-state index contributed by atoms with van der Waals surface area (Å²) < 4.78 is 5.70. The largest absolute Gasteiger partial charge is 0.374 e. The van der Waals surface area contributed by atoms with Gasteiger partial charge in [0.2, 0.25) is 0 Å². The lowest BCUT2D eigenvalue weighted by atomic mass is 10.1. The van der Waals surface area contributed by atoms with Crippen LogP contribution in [-0.2, 0) is 4.74 Å². The minimum Gasteiger partial charge on any atom is -0.374 e. The minimum atomic E-state index is -0.0543. The van der Waals surface area contributed by atoms with Crippen molar-refractivity contribution < 1.29 is 4.74 Å². The molecule has 0 amide bonds. The van der Waals surface area contributed by atoms with Crippen LogP contribution in [0.2, 0.25) is 0 Å². The summed E-state index contributed by atoms with van der Waals surface area (Å²) in [6.45, 7) is 6.97. The van der Waals surface area contributed by atoms with Gasteiger partial charge in [-0.25, -0.2) is 0 Å². The average molecular weight is 197 g/mol. The van der Waals surface area contributed by atoms with Crippen molar-refractivity contribution in [1.29, 1.82) is 0 Å². The molecule has 0 saturated heterocycles. The van der Waals surface area contributed by atoms with Gasteiger partial charge in [-0.05, 0) is 40.7 Å². The molecule has 0 fully saturated rings. The van der Waals surface area contributed by atoms with E-state index in [9.17, 15) is 0 Å². The molecule has 2 heteroatoms. The molecule has 0 spiro atoms. The Labute approximate surface area is 88.4 Å². The van der Waals surface area contributed by atoms with E-state index in [0.29, 0.717) is 6.04 Å². The summed E-state index contributed by atoms with van der Waals surface area (Å²) in [6, 6.07) is 0.419. The molecule has 0 aromatic rings. The highest BCUT2D eigenvalue weighted by molar-refractivity contribution is 4.83. The second kappa shape index (κ2) is 6.86. The number of terminal acetylenes is 1. The maximum Gasteiger partial charge on any atom is 0.0626 e. The first kappa shape index (κ1) is 13.5. The van der Waals surface area contributed by atoms with Crippen LogP contribution in [0.1, 0.15) is 40.0 Å². The van der Waals surface area contributed by atoms with Crippen molar-refractivity contribution in [3.63, 3.8) is 0 Å². The third-order valence-corrected chi connectivity index (χ3v) is 2.00. The van der Waals surface area contributed by atoms with E-state index in [4.69, 9.17) is 11.2 Å². The predicted octanol–water partition coefficient (Wildman–Crippen LogP) is 2.19. The van der Waals surface area contributed by atoms with Crippen molar-refractivity contribution in [2.24, 2.45) is 0 Å². The summed E-state index contributed by atoms with van der Waals surface area (Å²) in [4.78, 5) is 0. The maximum atomic E-state index is 5.70. The van der Waals surface area contributed by atoms with Crippen LogP contribution >= 0.6 is 0 Å². The van der Waals surface area contributed by atoms with Gasteiger partial charge in [0.25, 0.3) is 0 Å². The topological polar surface area (TPSA) is 21.3 Å². The van der Waals surface area contributed by atoms with Crippen molar-refractivity contribution >= 4 is 0 Å². The van der Waals surface area contributed by atoms with Gasteiger partial charge >= 0.3 is 0 Å². The number of nitrogens with one attached hydrogen (secondary N) is 1. The van der Waals surface area contributed by atoms with Crippen LogP contribution in [0.5, 0.6) is 0 Å². The molecule has 0 rings (SSSR count). The zero-order chi connectivity index (χ0) is 11.0. The lowest BCUT2D eigenvalue weighted by Crippen LogP contribution is -2.34. The lowest BCUT2D eigenvalue weighted by molar-refractivity contribution is -0.0146. The fourth-order valence-electron chi connectivity index (χ4n) is 1.11. The van der Waals surface area contributed by atoms with E-state index in [1.807, 2.05) is 7.05 Å². The predicted molar refractivity (Wildman–Crippen MR) is 61.2 cm³/mol. The highest BCUT2D eigenvalue weighted by atomic mass is 16.5. The molecule has 0 radical (unpaired) electrons. The lowest BCUT2D eigenvalue weighted by Gasteiger charge is -2.24. The Morgan fingerprint density at radius 1 is 1.43 bits per heavy atom. The zero-order valence-corrected chi connectivity index (χ0v) is 9.89. The average Bonchev–Trinajstić information content (AvgIpc) is 2.09. The summed E-state index contributed by atoms with van der Waals surface area (Å²) >= 11 is 0. The van der Waals surface area contributed by atoms with Crippen molar-refractivity contribution in [1.82, 2.24) is 5.32 Å². The Balaban J connectivity index is 3.64. The number of hydrogen-bond acceptors (Lipinski definition) is 2. The second-order valence-corrected chi connectivity index (χ2v) is 4.51. The standard InChI is InChI=1S/C12H23NO/c1-6-7-8-9-11(13-5)10-14-12(2,3)4/h1,11,13H,7-10H2,2-5H3. The van der Waals surface area contributed by atoms with Gasteiger partial charge < -0.3 is 10.1 Å². The molecule has 0 saturated carbocycles. The molecule has 0 bridgehead atoms. The highest BCUT2D eigenvalue weighted by Crippen LogP contribution is 2.09. The molecule has 0 aromatic heterocycles. The molecular formula is C12H23NO. The van der Waals surface area contributed by atoms with Gasteiger partial charge in [0, 0.05) is 12.5 Å². The van der Waals surface area contributed by atoms with Gasteiger partial charge in [-0.1, -0.05) is 0 Å². The van der Waals surface area contributed by atoms with Crippen LogP contribution in [0.25, 0.3) is 0 Å². The number of likely N-dealkylation sites (N-methyl/N-ethyl adjacent to an activating group) is 1. The van der Waals surface area contributed by atoms with Crippen LogP contribution < -0.4 is 5.32 Å². The normalized spacial score (nSPS) is 13.6. The molecule has 0 aliphatic rings. The molecule has 1 N–H and O–H groups in total. The number of unbranched alkanes of at least 4 members (excludes halogenated alkanes) is 1. The second-order valence-electron chi connectivity index (χ2n) is 4.51. The van der Waals surface area contributed by atoms with Gasteiger partial charge in [0.15, 0.2) is 0 Å². The van der Waals surface area contributed by atoms with Gasteiger partial charge in [-0.15, -0.1) is 12.3 Å². The summed E-state index contributed by atoms with van der Waals surface area (Å²) in [5.74, 6) is 2.65. The third kappa shape index (κ3) is 8.10.